The molecule has 4 aromatic rings. The number of fused-ring (bicyclic) bond motifs is 5. The van der Waals surface area contributed by atoms with E-state index in [1.165, 1.54) is 4.90 Å². The van der Waals surface area contributed by atoms with Crippen molar-refractivity contribution in [1.82, 2.24) is 4.90 Å². The van der Waals surface area contributed by atoms with E-state index >= 15 is 0 Å². The fraction of sp³-hybridized carbons (Fsp3) is 0.147. The fourth-order valence-electron chi connectivity index (χ4n) is 6.43. The number of para-hydroxylation sites is 1. The van der Waals surface area contributed by atoms with E-state index in [2.05, 4.69) is 0 Å². The maximum Gasteiger partial charge on any atom is 0.330 e. The number of carbonyl (C=O) groups excluding carboxylic acids is 3. The minimum absolute atomic E-state index is 0.292. The average Bonchev–Trinajstić information content (AvgIpc) is 3.49. The highest BCUT2D eigenvalue weighted by atomic mass is 16.5. The number of nitrogens with zero attached hydrogens (tertiary/aromatic N) is 2. The molecule has 4 atom stereocenters. The van der Waals surface area contributed by atoms with E-state index in [0.717, 1.165) is 22.3 Å². The van der Waals surface area contributed by atoms with Crippen molar-refractivity contribution in [3.63, 3.8) is 0 Å². The molecule has 7 rings (SSSR count). The lowest BCUT2D eigenvalue weighted by Crippen LogP contribution is -2.45. The van der Waals surface area contributed by atoms with E-state index < -0.39 is 36.0 Å². The van der Waals surface area contributed by atoms with E-state index in [-0.39, 0.29) is 11.8 Å². The number of esters is 1. The first-order chi connectivity index (χ1) is 19.6. The quantitative estimate of drug-likeness (QED) is 0.253. The van der Waals surface area contributed by atoms with Gasteiger partial charge in [-0.2, -0.15) is 0 Å². The first-order valence-electron chi connectivity index (χ1n) is 13.4. The van der Waals surface area contributed by atoms with Gasteiger partial charge in [-0.15, -0.1) is 0 Å². The summed E-state index contributed by atoms with van der Waals surface area (Å²) in [6.07, 6.45) is 3.11. The van der Waals surface area contributed by atoms with Crippen LogP contribution >= 0.6 is 0 Å². The maximum atomic E-state index is 14.2. The summed E-state index contributed by atoms with van der Waals surface area (Å²) in [6, 6.07) is 34.5. The van der Waals surface area contributed by atoms with Gasteiger partial charge in [0, 0.05) is 6.20 Å². The molecule has 0 unspecified atom stereocenters. The monoisotopic (exact) mass is 526 g/mol. The molecule has 6 nitrogen and oxygen atoms in total. The minimum atomic E-state index is -0.959. The van der Waals surface area contributed by atoms with Crippen LogP contribution in [0.5, 0.6) is 0 Å². The Kier molecular flexibility index (Phi) is 5.81. The third kappa shape index (κ3) is 3.75. The van der Waals surface area contributed by atoms with Crippen molar-refractivity contribution in [1.29, 1.82) is 0 Å². The van der Waals surface area contributed by atoms with Crippen LogP contribution in [0.2, 0.25) is 0 Å². The summed E-state index contributed by atoms with van der Waals surface area (Å²) in [5.41, 5.74) is 4.06. The van der Waals surface area contributed by atoms with Crippen LogP contribution in [0.25, 0.3) is 6.08 Å². The number of ether oxygens (including phenoxy) is 1. The molecule has 6 heteroatoms. The van der Waals surface area contributed by atoms with Gasteiger partial charge in [-0.05, 0) is 40.5 Å². The van der Waals surface area contributed by atoms with Crippen LogP contribution in [0.3, 0.4) is 0 Å². The second kappa shape index (κ2) is 9.65. The Balaban J connectivity index is 1.31. The molecular weight excluding hydrogens is 500 g/mol. The molecule has 0 spiro atoms. The SMILES string of the molecule is O=C(OC(c1ccccc1)c1ccccc1)[C@@H]1[C@@H]2C(=O)N(c3ccccc3)C(=O)[C@H]2[C@@H]2c3ccccc3C=CN12. The first kappa shape index (κ1) is 24.1. The smallest absolute Gasteiger partial charge is 0.330 e. The van der Waals surface area contributed by atoms with Gasteiger partial charge in [0.15, 0.2) is 6.10 Å². The van der Waals surface area contributed by atoms with Crippen LogP contribution in [-0.2, 0) is 19.1 Å². The number of anilines is 1. The first-order valence-corrected chi connectivity index (χ1v) is 13.4. The fourth-order valence-corrected chi connectivity index (χ4v) is 6.43. The third-order valence-electron chi connectivity index (χ3n) is 8.16. The zero-order valence-corrected chi connectivity index (χ0v) is 21.5. The second-order valence-electron chi connectivity index (χ2n) is 10.3. The molecule has 0 saturated carbocycles. The summed E-state index contributed by atoms with van der Waals surface area (Å²) in [6.45, 7) is 0. The molecule has 40 heavy (non-hydrogen) atoms. The zero-order valence-electron chi connectivity index (χ0n) is 21.5. The van der Waals surface area contributed by atoms with E-state index in [9.17, 15) is 14.4 Å². The van der Waals surface area contributed by atoms with Crippen molar-refractivity contribution < 1.29 is 19.1 Å². The largest absolute Gasteiger partial charge is 0.451 e. The van der Waals surface area contributed by atoms with Crippen LogP contribution < -0.4 is 4.90 Å². The van der Waals surface area contributed by atoms with Crippen LogP contribution in [0.4, 0.5) is 5.69 Å². The lowest BCUT2D eigenvalue weighted by atomic mass is 9.84. The summed E-state index contributed by atoms with van der Waals surface area (Å²) in [5.74, 6) is -2.80. The number of amides is 2. The van der Waals surface area contributed by atoms with Gasteiger partial charge in [0.2, 0.25) is 11.8 Å². The van der Waals surface area contributed by atoms with Crippen molar-refractivity contribution in [2.24, 2.45) is 11.8 Å². The molecule has 0 radical (unpaired) electrons. The molecule has 2 amide bonds. The van der Waals surface area contributed by atoms with Gasteiger partial charge < -0.3 is 9.64 Å². The van der Waals surface area contributed by atoms with Gasteiger partial charge in [-0.1, -0.05) is 103 Å². The van der Waals surface area contributed by atoms with Gasteiger partial charge in [0.05, 0.1) is 23.6 Å². The standard InChI is InChI=1S/C34H26N2O4/c37-32-27-28(33(38)36(32)25-17-8-3-9-18-25)30(35-21-20-22-12-10-11-19-26(22)29(27)35)34(39)40-31(23-13-4-1-5-14-23)24-15-6-2-7-16-24/h1-21,27-31H/t27-,28-,29+,30+/m1/s1. The predicted molar refractivity (Wildman–Crippen MR) is 151 cm³/mol. The Morgan fingerprint density at radius 1 is 0.675 bits per heavy atom. The summed E-state index contributed by atoms with van der Waals surface area (Å²) in [7, 11) is 0. The summed E-state index contributed by atoms with van der Waals surface area (Å²) >= 11 is 0. The van der Waals surface area contributed by atoms with Gasteiger partial charge >= 0.3 is 5.97 Å². The Morgan fingerprint density at radius 2 is 1.23 bits per heavy atom. The number of rotatable bonds is 5. The number of hydrogen-bond donors (Lipinski definition) is 0. The molecule has 0 aromatic heterocycles. The molecule has 4 aromatic carbocycles. The Hall–Kier alpha value is -4.97. The van der Waals surface area contributed by atoms with E-state index in [4.69, 9.17) is 4.74 Å². The van der Waals surface area contributed by atoms with Crippen LogP contribution in [0.15, 0.2) is 121 Å². The van der Waals surface area contributed by atoms with E-state index in [1.54, 1.807) is 24.3 Å². The van der Waals surface area contributed by atoms with Crippen molar-refractivity contribution in [3.8, 4) is 0 Å². The lowest BCUT2D eigenvalue weighted by Gasteiger charge is -2.35. The highest BCUT2D eigenvalue weighted by Gasteiger charge is 2.65. The highest BCUT2D eigenvalue weighted by Crippen LogP contribution is 2.53. The molecule has 3 heterocycles. The Bertz CT molecular complexity index is 1580. The van der Waals surface area contributed by atoms with Crippen molar-refractivity contribution in [3.05, 3.63) is 144 Å². The van der Waals surface area contributed by atoms with Gasteiger partial charge in [-0.3, -0.25) is 9.59 Å². The Morgan fingerprint density at radius 3 is 1.88 bits per heavy atom. The molecule has 0 bridgehead atoms. The molecule has 2 saturated heterocycles. The van der Waals surface area contributed by atoms with Gasteiger partial charge in [-0.25, -0.2) is 9.69 Å². The number of carbonyl (C=O) groups is 3. The van der Waals surface area contributed by atoms with Gasteiger partial charge in [0.1, 0.15) is 6.04 Å². The molecular formula is C34H26N2O4. The number of hydrogen-bond acceptors (Lipinski definition) is 5. The number of benzene rings is 4. The average molecular weight is 527 g/mol. The topological polar surface area (TPSA) is 66.9 Å². The molecule has 3 aliphatic heterocycles. The summed E-state index contributed by atoms with van der Waals surface area (Å²) in [4.78, 5) is 45.4. The van der Waals surface area contributed by atoms with Crippen LogP contribution in [0, 0.1) is 11.8 Å². The lowest BCUT2D eigenvalue weighted by molar-refractivity contribution is -0.155. The molecule has 3 aliphatic rings. The van der Waals surface area contributed by atoms with Crippen molar-refractivity contribution >= 4 is 29.5 Å². The van der Waals surface area contributed by atoms with E-state index in [1.807, 2.05) is 108 Å². The van der Waals surface area contributed by atoms with Crippen molar-refractivity contribution in [2.75, 3.05) is 4.90 Å². The molecule has 2 fully saturated rings. The maximum absolute atomic E-state index is 14.2. The van der Waals surface area contributed by atoms with Crippen LogP contribution in [-0.4, -0.2) is 28.7 Å². The molecule has 0 N–H and O–H groups in total. The summed E-state index contributed by atoms with van der Waals surface area (Å²) < 4.78 is 6.28. The Labute approximate surface area is 232 Å². The van der Waals surface area contributed by atoms with Crippen molar-refractivity contribution in [2.45, 2.75) is 18.2 Å². The highest BCUT2D eigenvalue weighted by molar-refractivity contribution is 6.23. The second-order valence-corrected chi connectivity index (χ2v) is 10.3. The van der Waals surface area contributed by atoms with Crippen LogP contribution in [0.1, 0.15) is 34.4 Å². The predicted octanol–water partition coefficient (Wildman–Crippen LogP) is 5.53. The zero-order chi connectivity index (χ0) is 27.2. The minimum Gasteiger partial charge on any atom is -0.451 e. The normalized spacial score (nSPS) is 22.7. The van der Waals surface area contributed by atoms with Gasteiger partial charge in [0.25, 0.3) is 0 Å². The summed E-state index contributed by atoms with van der Waals surface area (Å²) in [5, 5.41) is 0. The van der Waals surface area contributed by atoms with E-state index in [0.29, 0.717) is 5.69 Å². The third-order valence-corrected chi connectivity index (χ3v) is 8.16. The number of imide groups is 1. The molecule has 0 aliphatic carbocycles. The molecule has 196 valence electrons.